The summed E-state index contributed by atoms with van der Waals surface area (Å²) in [5.74, 6) is -2.00. The van der Waals surface area contributed by atoms with E-state index in [1.54, 1.807) is 39.8 Å². The highest BCUT2D eigenvalue weighted by molar-refractivity contribution is 8.02. The highest BCUT2D eigenvalue weighted by Gasteiger charge is 2.77. The quantitative estimate of drug-likeness (QED) is 0.204. The molecule has 0 aliphatic carbocycles. The van der Waals surface area contributed by atoms with Gasteiger partial charge < -0.3 is 19.6 Å². The average molecular weight is 575 g/mol. The van der Waals surface area contributed by atoms with Crippen LogP contribution >= 0.6 is 23.4 Å². The third-order valence-corrected chi connectivity index (χ3v) is 10.7. The van der Waals surface area contributed by atoms with Crippen LogP contribution in [-0.4, -0.2) is 69.6 Å². The lowest BCUT2D eigenvalue weighted by Crippen LogP contribution is -2.55. The van der Waals surface area contributed by atoms with Gasteiger partial charge in [-0.15, -0.1) is 24.9 Å². The van der Waals surface area contributed by atoms with Gasteiger partial charge in [0.25, 0.3) is 5.91 Å². The van der Waals surface area contributed by atoms with Gasteiger partial charge in [0.1, 0.15) is 6.04 Å². The number of hydrogen-bond donors (Lipinski definition) is 1. The lowest BCUT2D eigenvalue weighted by Gasteiger charge is -2.37. The molecule has 5 atom stereocenters. The van der Waals surface area contributed by atoms with E-state index in [1.165, 1.54) is 0 Å². The van der Waals surface area contributed by atoms with Crippen LogP contribution in [0, 0.1) is 18.8 Å². The number of para-hydroxylation sites is 1. The fourth-order valence-corrected chi connectivity index (χ4v) is 9.40. The number of anilines is 1. The van der Waals surface area contributed by atoms with Crippen LogP contribution in [0.15, 0.2) is 43.5 Å². The van der Waals surface area contributed by atoms with Crippen LogP contribution in [0.25, 0.3) is 0 Å². The summed E-state index contributed by atoms with van der Waals surface area (Å²) in [5, 5.41) is 9.72. The third-order valence-electron chi connectivity index (χ3n) is 8.42. The molecule has 0 aromatic heterocycles. The maximum absolute atomic E-state index is 14.6. The summed E-state index contributed by atoms with van der Waals surface area (Å²) in [6.45, 7) is 12.4. The molecule has 39 heavy (non-hydrogen) atoms. The fraction of sp³-hybridized carbons (Fsp3) is 0.567. The standard InChI is InChI=1S/C30H39ClN2O5S/c1-5-7-19-38-28(37)23-22-26(35)33(17-9-8-10-18-34)25(30(22)15-14-29(23,4)39-30)27(36)32(16-6-2)24-20(3)12-11-13-21(24)31/h5-6,11-13,22-23,25,34H,1-2,7-10,14-19H2,3-4H3/t22-,23+,25?,29-,30?/m0/s1. The molecule has 2 amide bonds. The molecular formula is C30H39ClN2O5S. The van der Waals surface area contributed by atoms with Gasteiger partial charge in [-0.1, -0.05) is 35.9 Å². The molecule has 212 valence electrons. The van der Waals surface area contributed by atoms with Gasteiger partial charge in [0.05, 0.1) is 33.9 Å². The Balaban J connectivity index is 1.76. The lowest BCUT2D eigenvalue weighted by molar-refractivity contribution is -0.155. The number of ether oxygens (including phenoxy) is 1. The first-order valence-electron chi connectivity index (χ1n) is 13.7. The number of esters is 1. The number of hydrogen-bond acceptors (Lipinski definition) is 6. The normalized spacial score (nSPS) is 28.9. The van der Waals surface area contributed by atoms with Crippen LogP contribution in [0.3, 0.4) is 0 Å². The number of thioether (sulfide) groups is 1. The minimum Gasteiger partial charge on any atom is -0.465 e. The van der Waals surface area contributed by atoms with E-state index in [-0.39, 0.29) is 37.5 Å². The molecule has 1 aromatic carbocycles. The van der Waals surface area contributed by atoms with Crippen molar-refractivity contribution >= 4 is 46.8 Å². The molecule has 2 bridgehead atoms. The number of likely N-dealkylation sites (tertiary alicyclic amines) is 1. The molecule has 1 aromatic rings. The van der Waals surface area contributed by atoms with Crippen molar-refractivity contribution in [1.29, 1.82) is 0 Å². The van der Waals surface area contributed by atoms with E-state index in [0.717, 1.165) is 18.4 Å². The van der Waals surface area contributed by atoms with Gasteiger partial charge in [0.15, 0.2) is 0 Å². The number of aryl methyl sites for hydroxylation is 1. The number of fused-ring (bicyclic) bond motifs is 1. The topological polar surface area (TPSA) is 87.1 Å². The number of aliphatic hydroxyl groups excluding tert-OH is 1. The summed E-state index contributed by atoms with van der Waals surface area (Å²) in [4.78, 5) is 45.6. The van der Waals surface area contributed by atoms with Gasteiger partial charge in [-0.2, -0.15) is 0 Å². The molecule has 4 rings (SSSR count). The zero-order chi connectivity index (χ0) is 28.4. The predicted molar refractivity (Wildman–Crippen MR) is 156 cm³/mol. The maximum Gasteiger partial charge on any atom is 0.311 e. The number of aliphatic hydroxyl groups is 1. The summed E-state index contributed by atoms with van der Waals surface area (Å²) in [6, 6.07) is 4.76. The lowest BCUT2D eigenvalue weighted by atomic mass is 9.66. The summed E-state index contributed by atoms with van der Waals surface area (Å²) in [7, 11) is 0. The van der Waals surface area contributed by atoms with Crippen LogP contribution in [0.1, 0.15) is 51.0 Å². The van der Waals surface area contributed by atoms with Crippen LogP contribution in [-0.2, 0) is 19.1 Å². The molecule has 0 saturated carbocycles. The zero-order valence-electron chi connectivity index (χ0n) is 22.9. The molecule has 9 heteroatoms. The van der Waals surface area contributed by atoms with Crippen molar-refractivity contribution in [3.63, 3.8) is 0 Å². The second-order valence-electron chi connectivity index (χ2n) is 10.9. The number of amides is 2. The van der Waals surface area contributed by atoms with Crippen molar-refractivity contribution in [2.75, 3.05) is 31.2 Å². The molecular weight excluding hydrogens is 536 g/mol. The first-order chi connectivity index (χ1) is 18.7. The Morgan fingerprint density at radius 3 is 2.69 bits per heavy atom. The molecule has 0 radical (unpaired) electrons. The third kappa shape index (κ3) is 5.16. The van der Waals surface area contributed by atoms with Crippen molar-refractivity contribution in [2.45, 2.75) is 67.9 Å². The summed E-state index contributed by atoms with van der Waals surface area (Å²) in [5.41, 5.74) is 1.46. The molecule has 3 saturated heterocycles. The molecule has 1 N–H and O–H groups in total. The fourth-order valence-electron chi connectivity index (χ4n) is 6.74. The van der Waals surface area contributed by atoms with Crippen LogP contribution < -0.4 is 4.90 Å². The zero-order valence-corrected chi connectivity index (χ0v) is 24.4. The number of rotatable bonds is 13. The Bertz CT molecular complexity index is 1120. The summed E-state index contributed by atoms with van der Waals surface area (Å²) in [6.07, 6.45) is 7.29. The van der Waals surface area contributed by atoms with Crippen molar-refractivity contribution in [2.24, 2.45) is 11.8 Å². The smallest absolute Gasteiger partial charge is 0.311 e. The van der Waals surface area contributed by atoms with Gasteiger partial charge in [0, 0.05) is 24.4 Å². The summed E-state index contributed by atoms with van der Waals surface area (Å²) < 4.78 is 4.39. The average Bonchev–Trinajstić information content (AvgIpc) is 3.46. The molecule has 3 heterocycles. The van der Waals surface area contributed by atoms with Gasteiger partial charge in [-0.25, -0.2) is 0 Å². The highest BCUT2D eigenvalue weighted by atomic mass is 35.5. The van der Waals surface area contributed by atoms with Crippen molar-refractivity contribution < 1.29 is 24.2 Å². The van der Waals surface area contributed by atoms with Gasteiger partial charge >= 0.3 is 5.97 Å². The van der Waals surface area contributed by atoms with Crippen molar-refractivity contribution in [3.8, 4) is 0 Å². The first-order valence-corrected chi connectivity index (χ1v) is 14.9. The SMILES string of the molecule is C=CCCOC(=O)[C@H]1[C@H]2C(=O)N(CCCCCO)C(C(=O)N(CC=C)c3c(C)cccc3Cl)C23CC[C@]1(C)S3. The number of unbranched alkanes of at least 4 members (excludes halogenated alkanes) is 2. The largest absolute Gasteiger partial charge is 0.465 e. The Hall–Kier alpha value is -2.29. The van der Waals surface area contributed by atoms with Crippen LogP contribution in [0.2, 0.25) is 5.02 Å². The first kappa shape index (κ1) is 29.7. The van der Waals surface area contributed by atoms with Crippen LogP contribution in [0.5, 0.6) is 0 Å². The predicted octanol–water partition coefficient (Wildman–Crippen LogP) is 4.93. The molecule has 3 aliphatic heterocycles. The number of halogens is 1. The Morgan fingerprint density at radius 1 is 1.26 bits per heavy atom. The van der Waals surface area contributed by atoms with Crippen molar-refractivity contribution in [3.05, 3.63) is 54.1 Å². The van der Waals surface area contributed by atoms with E-state index in [2.05, 4.69) is 13.2 Å². The summed E-state index contributed by atoms with van der Waals surface area (Å²) >= 11 is 8.25. The maximum atomic E-state index is 14.6. The molecule has 1 spiro atoms. The number of benzene rings is 1. The Morgan fingerprint density at radius 2 is 2.03 bits per heavy atom. The van der Waals surface area contributed by atoms with Gasteiger partial charge in [-0.05, 0) is 64.0 Å². The number of carbonyl (C=O) groups is 3. The van der Waals surface area contributed by atoms with E-state index in [0.29, 0.717) is 42.9 Å². The van der Waals surface area contributed by atoms with E-state index < -0.39 is 27.4 Å². The number of nitrogens with zero attached hydrogens (tertiary/aromatic N) is 2. The van der Waals surface area contributed by atoms with Gasteiger partial charge in [0.2, 0.25) is 5.91 Å². The van der Waals surface area contributed by atoms with Crippen molar-refractivity contribution in [1.82, 2.24) is 4.90 Å². The van der Waals surface area contributed by atoms with Crippen LogP contribution in [0.4, 0.5) is 5.69 Å². The second-order valence-corrected chi connectivity index (χ2v) is 13.2. The molecule has 3 aliphatic rings. The van der Waals surface area contributed by atoms with E-state index in [1.807, 2.05) is 26.0 Å². The number of carbonyl (C=O) groups excluding carboxylic acids is 3. The highest BCUT2D eigenvalue weighted by Crippen LogP contribution is 2.71. The molecule has 7 nitrogen and oxygen atoms in total. The van der Waals surface area contributed by atoms with E-state index in [9.17, 15) is 19.5 Å². The van der Waals surface area contributed by atoms with Gasteiger partial charge in [-0.3, -0.25) is 14.4 Å². The minimum absolute atomic E-state index is 0.0780. The molecule has 2 unspecified atom stereocenters. The molecule has 3 fully saturated rings. The Labute approximate surface area is 240 Å². The van der Waals surface area contributed by atoms with E-state index >= 15 is 0 Å². The monoisotopic (exact) mass is 574 g/mol. The Kier molecular flexibility index (Phi) is 9.19. The second kappa shape index (κ2) is 12.1. The minimum atomic E-state index is -0.752. The van der Waals surface area contributed by atoms with E-state index in [4.69, 9.17) is 16.3 Å².